The van der Waals surface area contributed by atoms with E-state index in [1.54, 1.807) is 6.07 Å². The van der Waals surface area contributed by atoms with Crippen LogP contribution in [0.1, 0.15) is 0 Å². The highest BCUT2D eigenvalue weighted by Crippen LogP contribution is 2.33. The Labute approximate surface area is 102 Å². The molecule has 2 N–H and O–H groups in total. The van der Waals surface area contributed by atoms with Crippen LogP contribution in [0.4, 0.5) is 14.5 Å². The molecule has 0 amide bonds. The monoisotopic (exact) mass is 252 g/mol. The van der Waals surface area contributed by atoms with Gasteiger partial charge in [0.1, 0.15) is 5.82 Å². The first-order valence-corrected chi connectivity index (χ1v) is 5.02. The molecule has 1 heterocycles. The van der Waals surface area contributed by atoms with Crippen LogP contribution in [0.25, 0.3) is 0 Å². The zero-order chi connectivity index (χ0) is 13.1. The molecule has 6 heteroatoms. The van der Waals surface area contributed by atoms with E-state index >= 15 is 0 Å². The normalized spacial score (nSPS) is 10.2. The van der Waals surface area contributed by atoms with Gasteiger partial charge in [-0.3, -0.25) is 0 Å². The van der Waals surface area contributed by atoms with Gasteiger partial charge in [0.05, 0.1) is 13.3 Å². The lowest BCUT2D eigenvalue weighted by atomic mass is 10.3. The predicted molar refractivity (Wildman–Crippen MR) is 61.6 cm³/mol. The third kappa shape index (κ3) is 2.48. The SMILES string of the molecule is COc1cc(N)ccc1Oc1ncc(F)cc1F. The van der Waals surface area contributed by atoms with Gasteiger partial charge >= 0.3 is 0 Å². The van der Waals surface area contributed by atoms with Gasteiger partial charge in [0, 0.05) is 17.8 Å². The molecule has 0 spiro atoms. The third-order valence-corrected chi connectivity index (χ3v) is 2.17. The van der Waals surface area contributed by atoms with Gasteiger partial charge in [0.15, 0.2) is 17.3 Å². The molecule has 2 rings (SSSR count). The predicted octanol–water partition coefficient (Wildman–Crippen LogP) is 2.74. The van der Waals surface area contributed by atoms with E-state index in [4.69, 9.17) is 15.2 Å². The Morgan fingerprint density at radius 3 is 2.61 bits per heavy atom. The highest BCUT2D eigenvalue weighted by Gasteiger charge is 2.11. The highest BCUT2D eigenvalue weighted by molar-refractivity contribution is 5.52. The number of nitrogens with zero attached hydrogens (tertiary/aromatic N) is 1. The first kappa shape index (κ1) is 12.1. The van der Waals surface area contributed by atoms with E-state index < -0.39 is 11.6 Å². The lowest BCUT2D eigenvalue weighted by Gasteiger charge is -2.10. The van der Waals surface area contributed by atoms with Gasteiger partial charge < -0.3 is 15.2 Å². The number of halogens is 2. The van der Waals surface area contributed by atoms with Crippen molar-refractivity contribution >= 4 is 5.69 Å². The largest absolute Gasteiger partial charge is 0.493 e. The summed E-state index contributed by atoms with van der Waals surface area (Å²) in [5.74, 6) is -1.43. The minimum Gasteiger partial charge on any atom is -0.493 e. The van der Waals surface area contributed by atoms with Crippen LogP contribution in [0.5, 0.6) is 17.4 Å². The molecule has 4 nitrogen and oxygen atoms in total. The van der Waals surface area contributed by atoms with Crippen LogP contribution in [-0.2, 0) is 0 Å². The van der Waals surface area contributed by atoms with Crippen molar-refractivity contribution in [2.75, 3.05) is 12.8 Å². The lowest BCUT2D eigenvalue weighted by molar-refractivity contribution is 0.362. The molecule has 1 aromatic carbocycles. The first-order chi connectivity index (χ1) is 8.60. The zero-order valence-corrected chi connectivity index (χ0v) is 9.48. The van der Waals surface area contributed by atoms with E-state index in [0.29, 0.717) is 17.5 Å². The number of anilines is 1. The molecule has 0 aliphatic carbocycles. The summed E-state index contributed by atoms with van der Waals surface area (Å²) in [4.78, 5) is 3.51. The maximum Gasteiger partial charge on any atom is 0.256 e. The van der Waals surface area contributed by atoms with Crippen molar-refractivity contribution in [1.82, 2.24) is 4.98 Å². The molecular formula is C12H10F2N2O2. The molecule has 0 radical (unpaired) electrons. The van der Waals surface area contributed by atoms with Gasteiger partial charge in [-0.1, -0.05) is 0 Å². The van der Waals surface area contributed by atoms with Crippen molar-refractivity contribution in [2.45, 2.75) is 0 Å². The van der Waals surface area contributed by atoms with E-state index in [1.165, 1.54) is 19.2 Å². The quantitative estimate of drug-likeness (QED) is 0.853. The van der Waals surface area contributed by atoms with Gasteiger partial charge in [0.25, 0.3) is 5.88 Å². The average Bonchev–Trinajstić information content (AvgIpc) is 2.34. The van der Waals surface area contributed by atoms with E-state index in [-0.39, 0.29) is 11.6 Å². The fourth-order valence-corrected chi connectivity index (χ4v) is 1.35. The second kappa shape index (κ2) is 4.87. The molecule has 18 heavy (non-hydrogen) atoms. The maximum atomic E-state index is 13.4. The van der Waals surface area contributed by atoms with Crippen molar-refractivity contribution in [1.29, 1.82) is 0 Å². The number of aromatic nitrogens is 1. The molecule has 0 atom stereocenters. The van der Waals surface area contributed by atoms with Crippen molar-refractivity contribution in [3.05, 3.63) is 42.1 Å². The molecule has 0 fully saturated rings. The van der Waals surface area contributed by atoms with E-state index in [1.807, 2.05) is 0 Å². The highest BCUT2D eigenvalue weighted by atomic mass is 19.1. The minimum atomic E-state index is -0.895. The molecule has 1 aromatic heterocycles. The Morgan fingerprint density at radius 1 is 1.17 bits per heavy atom. The van der Waals surface area contributed by atoms with E-state index in [2.05, 4.69) is 4.98 Å². The van der Waals surface area contributed by atoms with Crippen LogP contribution < -0.4 is 15.2 Å². The number of rotatable bonds is 3. The molecule has 0 aliphatic heterocycles. The van der Waals surface area contributed by atoms with Crippen LogP contribution in [0.15, 0.2) is 30.5 Å². The number of hydrogen-bond donors (Lipinski definition) is 1. The van der Waals surface area contributed by atoms with Crippen LogP contribution in [0.2, 0.25) is 0 Å². The van der Waals surface area contributed by atoms with Crippen LogP contribution in [0.3, 0.4) is 0 Å². The van der Waals surface area contributed by atoms with Crippen molar-refractivity contribution < 1.29 is 18.3 Å². The summed E-state index contributed by atoms with van der Waals surface area (Å²) in [5.41, 5.74) is 6.05. The Morgan fingerprint density at radius 2 is 1.94 bits per heavy atom. The Hall–Kier alpha value is -2.37. The molecule has 0 unspecified atom stereocenters. The van der Waals surface area contributed by atoms with Gasteiger partial charge in [-0.2, -0.15) is 0 Å². The molecular weight excluding hydrogens is 242 g/mol. The summed E-state index contributed by atoms with van der Waals surface area (Å²) in [7, 11) is 1.43. The summed E-state index contributed by atoms with van der Waals surface area (Å²) in [6, 6.07) is 5.29. The maximum absolute atomic E-state index is 13.4. The van der Waals surface area contributed by atoms with Crippen molar-refractivity contribution in [3.8, 4) is 17.4 Å². The average molecular weight is 252 g/mol. The second-order valence-corrected chi connectivity index (χ2v) is 3.45. The summed E-state index contributed by atoms with van der Waals surface area (Å²) in [5, 5.41) is 0. The second-order valence-electron chi connectivity index (χ2n) is 3.45. The van der Waals surface area contributed by atoms with Gasteiger partial charge in [0.2, 0.25) is 0 Å². The topological polar surface area (TPSA) is 57.4 Å². The summed E-state index contributed by atoms with van der Waals surface area (Å²) in [6.45, 7) is 0. The molecule has 94 valence electrons. The molecule has 0 bridgehead atoms. The zero-order valence-electron chi connectivity index (χ0n) is 9.48. The third-order valence-electron chi connectivity index (χ3n) is 2.17. The number of pyridine rings is 1. The molecule has 0 saturated heterocycles. The Bertz CT molecular complexity index is 576. The Kier molecular flexibility index (Phi) is 3.27. The smallest absolute Gasteiger partial charge is 0.256 e. The number of methoxy groups -OCH3 is 1. The fraction of sp³-hybridized carbons (Fsp3) is 0.0833. The number of nitrogens with two attached hydrogens (primary N) is 1. The molecule has 0 aliphatic rings. The number of ether oxygens (including phenoxy) is 2. The van der Waals surface area contributed by atoms with E-state index in [9.17, 15) is 8.78 Å². The minimum absolute atomic E-state index is 0.240. The molecule has 2 aromatic rings. The standard InChI is InChI=1S/C12H10F2N2O2/c1-17-11-5-8(15)2-3-10(11)18-12-9(14)4-7(13)6-16-12/h2-6H,15H2,1H3. The summed E-state index contributed by atoms with van der Waals surface area (Å²) in [6.07, 6.45) is 0.863. The fourth-order valence-electron chi connectivity index (χ4n) is 1.35. The van der Waals surface area contributed by atoms with Gasteiger partial charge in [-0.05, 0) is 12.1 Å². The van der Waals surface area contributed by atoms with E-state index in [0.717, 1.165) is 6.20 Å². The van der Waals surface area contributed by atoms with Crippen LogP contribution in [-0.4, -0.2) is 12.1 Å². The van der Waals surface area contributed by atoms with Crippen LogP contribution in [0, 0.1) is 11.6 Å². The number of benzene rings is 1. The number of hydrogen-bond acceptors (Lipinski definition) is 4. The molecule has 0 saturated carbocycles. The van der Waals surface area contributed by atoms with Crippen molar-refractivity contribution in [2.24, 2.45) is 0 Å². The van der Waals surface area contributed by atoms with Crippen LogP contribution >= 0.6 is 0 Å². The van der Waals surface area contributed by atoms with Gasteiger partial charge in [-0.25, -0.2) is 13.8 Å². The van der Waals surface area contributed by atoms with Gasteiger partial charge in [-0.15, -0.1) is 0 Å². The number of nitrogen functional groups attached to an aromatic ring is 1. The van der Waals surface area contributed by atoms with Crippen molar-refractivity contribution in [3.63, 3.8) is 0 Å². The summed E-state index contributed by atoms with van der Waals surface area (Å²) < 4.78 is 36.3. The summed E-state index contributed by atoms with van der Waals surface area (Å²) >= 11 is 0. The first-order valence-electron chi connectivity index (χ1n) is 5.02. The lowest BCUT2D eigenvalue weighted by Crippen LogP contribution is -1.96. The Balaban J connectivity index is 2.33.